The summed E-state index contributed by atoms with van der Waals surface area (Å²) in [5, 5.41) is 9.01. The molecule has 6 nitrogen and oxygen atoms in total. The van der Waals surface area contributed by atoms with E-state index in [2.05, 4.69) is 4.98 Å². The van der Waals surface area contributed by atoms with Crippen LogP contribution in [0.2, 0.25) is 5.02 Å². The summed E-state index contributed by atoms with van der Waals surface area (Å²) in [6, 6.07) is 3.15. The first-order chi connectivity index (χ1) is 8.89. The van der Waals surface area contributed by atoms with E-state index in [9.17, 15) is 9.59 Å². The first-order valence-electron chi connectivity index (χ1n) is 5.66. The van der Waals surface area contributed by atoms with Crippen molar-refractivity contribution in [3.05, 3.63) is 29.0 Å². The van der Waals surface area contributed by atoms with Crippen LogP contribution in [-0.4, -0.2) is 52.2 Å². The van der Waals surface area contributed by atoms with Gasteiger partial charge in [0.25, 0.3) is 5.91 Å². The molecule has 19 heavy (non-hydrogen) atoms. The normalized spacial score (nSPS) is 16.8. The van der Waals surface area contributed by atoms with Gasteiger partial charge in [-0.05, 0) is 19.1 Å². The third kappa shape index (κ3) is 3.21. The summed E-state index contributed by atoms with van der Waals surface area (Å²) in [6.07, 6.45) is 1.41. The third-order valence-corrected chi connectivity index (χ3v) is 3.05. The molecule has 2 rings (SSSR count). The fraction of sp³-hybridized carbons (Fsp3) is 0.417. The highest BCUT2D eigenvalue weighted by atomic mass is 35.5. The molecule has 1 amide bonds. The van der Waals surface area contributed by atoms with E-state index in [0.29, 0.717) is 23.8 Å². The van der Waals surface area contributed by atoms with Crippen molar-refractivity contribution in [2.45, 2.75) is 12.5 Å². The smallest absolute Gasteiger partial charge is 0.329 e. The Kier molecular flexibility index (Phi) is 3.73. The molecule has 0 atom stereocenters. The van der Waals surface area contributed by atoms with Gasteiger partial charge in [-0.25, -0.2) is 9.78 Å². The van der Waals surface area contributed by atoms with Crippen LogP contribution in [0.1, 0.15) is 17.4 Å². The van der Waals surface area contributed by atoms with Gasteiger partial charge in [0, 0.05) is 6.20 Å². The average molecular weight is 285 g/mol. The minimum atomic E-state index is -1.02. The lowest BCUT2D eigenvalue weighted by Gasteiger charge is -2.47. The van der Waals surface area contributed by atoms with Gasteiger partial charge in [-0.1, -0.05) is 11.6 Å². The minimum Gasteiger partial charge on any atom is -0.480 e. The molecule has 1 aliphatic heterocycles. The van der Waals surface area contributed by atoms with Crippen LogP contribution in [-0.2, 0) is 9.53 Å². The number of likely N-dealkylation sites (tertiary alicyclic amines) is 1. The highest BCUT2D eigenvalue weighted by Gasteiger charge is 2.43. The summed E-state index contributed by atoms with van der Waals surface area (Å²) in [4.78, 5) is 27.9. The molecule has 0 aromatic carbocycles. The number of hydrogen-bond donors (Lipinski definition) is 1. The van der Waals surface area contributed by atoms with E-state index in [1.165, 1.54) is 6.20 Å². The molecule has 1 aromatic heterocycles. The van der Waals surface area contributed by atoms with Crippen molar-refractivity contribution in [3.8, 4) is 0 Å². The molecule has 1 aromatic rings. The molecule has 1 saturated heterocycles. The van der Waals surface area contributed by atoms with Crippen LogP contribution in [0, 0.1) is 0 Å². The molecule has 0 unspecified atom stereocenters. The van der Waals surface area contributed by atoms with Gasteiger partial charge in [0.2, 0.25) is 0 Å². The van der Waals surface area contributed by atoms with E-state index in [4.69, 9.17) is 21.4 Å². The topological polar surface area (TPSA) is 79.7 Å². The van der Waals surface area contributed by atoms with Crippen molar-refractivity contribution in [2.24, 2.45) is 0 Å². The quantitative estimate of drug-likeness (QED) is 0.894. The molecule has 0 radical (unpaired) electrons. The van der Waals surface area contributed by atoms with Crippen molar-refractivity contribution in [3.63, 3.8) is 0 Å². The Morgan fingerprint density at radius 2 is 2.21 bits per heavy atom. The summed E-state index contributed by atoms with van der Waals surface area (Å²) in [5.41, 5.74) is -0.287. The number of pyridine rings is 1. The van der Waals surface area contributed by atoms with Crippen LogP contribution in [0.15, 0.2) is 18.3 Å². The fourth-order valence-electron chi connectivity index (χ4n) is 1.90. The number of carbonyl (C=O) groups excluding carboxylic acids is 1. The summed E-state index contributed by atoms with van der Waals surface area (Å²) in [6.45, 7) is 2.11. The van der Waals surface area contributed by atoms with Gasteiger partial charge in [-0.3, -0.25) is 4.79 Å². The van der Waals surface area contributed by atoms with E-state index in [0.717, 1.165) is 0 Å². The standard InChI is InChI=1S/C12H13ClN2O4/c1-12(19-5-10(16)17)6-15(7-12)11(18)9-3-2-8(13)4-14-9/h2-4H,5-7H2,1H3,(H,16,17). The number of aliphatic carboxylic acids is 1. The predicted octanol–water partition coefficient (Wildman–Crippen LogP) is 1.05. The van der Waals surface area contributed by atoms with E-state index in [1.54, 1.807) is 24.0 Å². The molecule has 7 heteroatoms. The van der Waals surface area contributed by atoms with E-state index < -0.39 is 11.6 Å². The Balaban J connectivity index is 1.91. The van der Waals surface area contributed by atoms with Gasteiger partial charge in [-0.15, -0.1) is 0 Å². The summed E-state index contributed by atoms with van der Waals surface area (Å²) < 4.78 is 5.23. The predicted molar refractivity (Wildman–Crippen MR) is 67.1 cm³/mol. The number of aromatic nitrogens is 1. The number of amides is 1. The second-order valence-corrected chi connectivity index (χ2v) is 5.09. The van der Waals surface area contributed by atoms with Crippen LogP contribution >= 0.6 is 11.6 Å². The summed E-state index contributed by atoms with van der Waals surface area (Å²) in [5.74, 6) is -1.24. The molecule has 0 aliphatic carbocycles. The van der Waals surface area contributed by atoms with Crippen LogP contribution in [0.5, 0.6) is 0 Å². The van der Waals surface area contributed by atoms with E-state index in [1.807, 2.05) is 0 Å². The van der Waals surface area contributed by atoms with Crippen LogP contribution in [0.25, 0.3) is 0 Å². The zero-order chi connectivity index (χ0) is 14.0. The van der Waals surface area contributed by atoms with Gasteiger partial charge >= 0.3 is 5.97 Å². The molecule has 102 valence electrons. The Morgan fingerprint density at radius 3 is 2.74 bits per heavy atom. The number of carbonyl (C=O) groups is 2. The number of ether oxygens (including phenoxy) is 1. The largest absolute Gasteiger partial charge is 0.480 e. The Hall–Kier alpha value is -1.66. The molecule has 0 saturated carbocycles. The Morgan fingerprint density at radius 1 is 1.53 bits per heavy atom. The molecule has 2 heterocycles. The van der Waals surface area contributed by atoms with Crippen LogP contribution in [0.4, 0.5) is 0 Å². The van der Waals surface area contributed by atoms with Crippen molar-refractivity contribution in [1.29, 1.82) is 0 Å². The van der Waals surface area contributed by atoms with Crippen molar-refractivity contribution < 1.29 is 19.4 Å². The number of nitrogens with zero attached hydrogens (tertiary/aromatic N) is 2. The average Bonchev–Trinajstić information content (AvgIpc) is 2.33. The van der Waals surface area contributed by atoms with E-state index in [-0.39, 0.29) is 12.5 Å². The van der Waals surface area contributed by atoms with Gasteiger partial charge in [0.15, 0.2) is 0 Å². The zero-order valence-corrected chi connectivity index (χ0v) is 11.1. The Labute approximate surface area is 114 Å². The maximum absolute atomic E-state index is 12.0. The van der Waals surface area contributed by atoms with Gasteiger partial charge in [0.1, 0.15) is 17.9 Å². The molecule has 1 N–H and O–H groups in total. The second kappa shape index (κ2) is 5.14. The lowest BCUT2D eigenvalue weighted by atomic mass is 9.96. The molecule has 0 spiro atoms. The minimum absolute atomic E-state index is 0.215. The van der Waals surface area contributed by atoms with Gasteiger partial charge < -0.3 is 14.7 Å². The lowest BCUT2D eigenvalue weighted by Crippen LogP contribution is -2.63. The third-order valence-electron chi connectivity index (χ3n) is 2.83. The highest BCUT2D eigenvalue weighted by Crippen LogP contribution is 2.26. The Bertz CT molecular complexity index is 497. The van der Waals surface area contributed by atoms with Crippen molar-refractivity contribution in [2.75, 3.05) is 19.7 Å². The maximum atomic E-state index is 12.0. The number of hydrogen-bond acceptors (Lipinski definition) is 4. The lowest BCUT2D eigenvalue weighted by molar-refractivity contribution is -0.159. The first-order valence-corrected chi connectivity index (χ1v) is 6.04. The van der Waals surface area contributed by atoms with Gasteiger partial charge in [0.05, 0.1) is 18.1 Å². The number of carboxylic acid groups (broad SMARTS) is 1. The summed E-state index contributed by atoms with van der Waals surface area (Å²) in [7, 11) is 0. The molecule has 0 bridgehead atoms. The molecular formula is C12H13ClN2O4. The second-order valence-electron chi connectivity index (χ2n) is 4.66. The maximum Gasteiger partial charge on any atom is 0.329 e. The molecule has 1 fully saturated rings. The van der Waals surface area contributed by atoms with E-state index >= 15 is 0 Å². The SMILES string of the molecule is CC1(OCC(=O)O)CN(C(=O)c2ccc(Cl)cn2)C1. The fourth-order valence-corrected chi connectivity index (χ4v) is 2.01. The van der Waals surface area contributed by atoms with Gasteiger partial charge in [-0.2, -0.15) is 0 Å². The monoisotopic (exact) mass is 284 g/mol. The van der Waals surface area contributed by atoms with Crippen LogP contribution in [0.3, 0.4) is 0 Å². The molecule has 1 aliphatic rings. The van der Waals surface area contributed by atoms with Crippen LogP contribution < -0.4 is 0 Å². The first kappa shape index (κ1) is 13.8. The van der Waals surface area contributed by atoms with Crippen molar-refractivity contribution in [1.82, 2.24) is 9.88 Å². The van der Waals surface area contributed by atoms with Crippen molar-refractivity contribution >= 4 is 23.5 Å². The number of rotatable bonds is 4. The molecular weight excluding hydrogens is 272 g/mol. The summed E-state index contributed by atoms with van der Waals surface area (Å²) >= 11 is 5.70. The number of halogens is 1. The highest BCUT2D eigenvalue weighted by molar-refractivity contribution is 6.30. The zero-order valence-electron chi connectivity index (χ0n) is 10.3. The number of carboxylic acids is 1.